The maximum absolute atomic E-state index is 14.3. The lowest BCUT2D eigenvalue weighted by Gasteiger charge is -2.42. The molecular weight excluding hydrogens is 987 g/mol. The summed E-state index contributed by atoms with van der Waals surface area (Å²) < 4.78 is 138. The van der Waals surface area contributed by atoms with Crippen molar-refractivity contribution in [1.82, 2.24) is 45.8 Å². The number of carbonyl (C=O) groups excluding carboxylic acids is 5. The zero-order chi connectivity index (χ0) is 52.6. The summed E-state index contributed by atoms with van der Waals surface area (Å²) in [5.74, 6) is -4.34. The predicted octanol–water partition coefficient (Wildman–Crippen LogP) is 4.92. The van der Waals surface area contributed by atoms with E-state index in [1.165, 1.54) is 28.8 Å². The standard InChI is InChI=1S/C22H29F4N5O4.C21H28F4N4O6S/c1-27-20(33)30-11-14(19(32)29(2)3)8-16(12-30)31(15-5-6-15)21(34)28-10-13-4-7-17(9-18(13)23)35-22(24,25)26;1-26-19(30)28-10-13(12-34-36(2,32)33)7-16(11-28)29(15-4-5-15)20(31)27-9-14-3-6-17(8-18(14)22)35-21(23,24)25/h4,7,9,14-16H,5-6,8,10-12H2,1-3H3,(H,27,33)(H,28,34);3,6,8,13,15-16H,4-5,7,9-12H2,1-2H3,(H,26,30)(H,27,31). The fourth-order valence-corrected chi connectivity index (χ4v) is 8.85. The molecule has 0 bridgehead atoms. The van der Waals surface area contributed by atoms with E-state index < -0.39 is 76.0 Å². The van der Waals surface area contributed by atoms with Gasteiger partial charge < -0.3 is 55.2 Å². The Morgan fingerprint density at radius 3 is 1.45 bits per heavy atom. The van der Waals surface area contributed by atoms with E-state index in [1.807, 2.05) is 0 Å². The van der Waals surface area contributed by atoms with Crippen LogP contribution in [0.3, 0.4) is 0 Å². The molecule has 4 atom stereocenters. The zero-order valence-corrected chi connectivity index (χ0v) is 40.2. The summed E-state index contributed by atoms with van der Waals surface area (Å²) in [5.41, 5.74) is -0.0522. The van der Waals surface area contributed by atoms with Crippen molar-refractivity contribution < 1.29 is 81.2 Å². The van der Waals surface area contributed by atoms with E-state index in [0.717, 1.165) is 56.2 Å². The molecule has 71 heavy (non-hydrogen) atoms. The molecule has 4 fully saturated rings. The van der Waals surface area contributed by atoms with E-state index >= 15 is 0 Å². The molecule has 0 spiro atoms. The molecule has 4 aliphatic rings. The molecule has 0 radical (unpaired) electrons. The minimum absolute atomic E-state index is 0.0140. The lowest BCUT2D eigenvalue weighted by Crippen LogP contribution is -2.59. The third-order valence-electron chi connectivity index (χ3n) is 11.8. The fraction of sp³-hybridized carbons (Fsp3) is 0.605. The molecule has 2 aromatic carbocycles. The molecule has 9 amide bonds. The summed E-state index contributed by atoms with van der Waals surface area (Å²) >= 11 is 0. The average Bonchev–Trinajstić information content (AvgIpc) is 4.23. The van der Waals surface area contributed by atoms with Crippen LogP contribution in [0, 0.1) is 23.5 Å². The summed E-state index contributed by atoms with van der Waals surface area (Å²) in [5, 5.41) is 10.3. The molecule has 19 nitrogen and oxygen atoms in total. The van der Waals surface area contributed by atoms with Gasteiger partial charge in [-0.2, -0.15) is 8.42 Å². The molecular formula is C43H57F8N9O10S. The Morgan fingerprint density at radius 1 is 0.662 bits per heavy atom. The summed E-state index contributed by atoms with van der Waals surface area (Å²) in [6.45, 7) is 0.211. The molecule has 6 rings (SSSR count). The number of nitrogens with one attached hydrogen (secondary N) is 4. The Morgan fingerprint density at radius 2 is 1.08 bits per heavy atom. The highest BCUT2D eigenvalue weighted by Crippen LogP contribution is 2.35. The van der Waals surface area contributed by atoms with Crippen LogP contribution in [0.5, 0.6) is 11.5 Å². The van der Waals surface area contributed by atoms with E-state index in [0.29, 0.717) is 25.0 Å². The maximum atomic E-state index is 14.3. The second-order valence-corrected chi connectivity index (χ2v) is 19.3. The topological polar surface area (TPSA) is 212 Å². The van der Waals surface area contributed by atoms with Gasteiger partial charge in [0.2, 0.25) is 5.91 Å². The van der Waals surface area contributed by atoms with E-state index in [1.54, 1.807) is 23.9 Å². The number of benzene rings is 2. The number of carbonyl (C=O) groups is 5. The van der Waals surface area contributed by atoms with Crippen LogP contribution in [0.15, 0.2) is 36.4 Å². The lowest BCUT2D eigenvalue weighted by atomic mass is 9.92. The van der Waals surface area contributed by atoms with Gasteiger partial charge in [0.15, 0.2) is 0 Å². The number of urea groups is 4. The van der Waals surface area contributed by atoms with Crippen molar-refractivity contribution in [3.05, 3.63) is 59.2 Å². The summed E-state index contributed by atoms with van der Waals surface area (Å²) in [7, 11) is 2.49. The smallest absolute Gasteiger partial charge is 0.406 e. The second kappa shape index (κ2) is 23.4. The van der Waals surface area contributed by atoms with Crippen molar-refractivity contribution in [1.29, 1.82) is 0 Å². The van der Waals surface area contributed by atoms with Gasteiger partial charge in [0.05, 0.1) is 30.9 Å². The number of ether oxygens (including phenoxy) is 2. The van der Waals surface area contributed by atoms with Gasteiger partial charge in [-0.3, -0.25) is 8.98 Å². The monoisotopic (exact) mass is 1040 g/mol. The van der Waals surface area contributed by atoms with Crippen LogP contribution in [0.2, 0.25) is 0 Å². The first-order valence-corrected chi connectivity index (χ1v) is 24.2. The number of likely N-dealkylation sites (tertiary alicyclic amines) is 2. The molecule has 2 aliphatic heterocycles. The third-order valence-corrected chi connectivity index (χ3v) is 12.3. The van der Waals surface area contributed by atoms with Crippen LogP contribution >= 0.6 is 0 Å². The highest BCUT2D eigenvalue weighted by atomic mass is 32.2. The first-order valence-electron chi connectivity index (χ1n) is 22.3. The molecule has 4 unspecified atom stereocenters. The molecule has 2 aliphatic carbocycles. The van der Waals surface area contributed by atoms with Gasteiger partial charge in [0.25, 0.3) is 10.1 Å². The van der Waals surface area contributed by atoms with Crippen molar-refractivity contribution in [3.8, 4) is 11.5 Å². The summed E-state index contributed by atoms with van der Waals surface area (Å²) in [6, 6.07) is 2.46. The summed E-state index contributed by atoms with van der Waals surface area (Å²) in [6.07, 6.45) is -5.26. The minimum Gasteiger partial charge on any atom is -0.406 e. The van der Waals surface area contributed by atoms with Crippen LogP contribution in [-0.2, 0) is 32.2 Å². The zero-order valence-electron chi connectivity index (χ0n) is 39.4. The van der Waals surface area contributed by atoms with Gasteiger partial charge in [-0.05, 0) is 50.7 Å². The Labute approximate surface area is 404 Å². The number of hydrogen-bond donors (Lipinski definition) is 4. The SMILES string of the molecule is CNC(=O)N1CC(C(=O)N(C)C)CC(N(C(=O)NCc2ccc(OC(F)(F)F)cc2F)C2CC2)C1.CNC(=O)N1CC(COS(C)(=O)=O)CC(N(C(=O)NCc2ccc(OC(F)(F)F)cc2F)C2CC2)C1. The van der Waals surface area contributed by atoms with E-state index in [-0.39, 0.29) is 93.0 Å². The minimum atomic E-state index is -4.96. The fourth-order valence-electron chi connectivity index (χ4n) is 8.41. The second-order valence-electron chi connectivity index (χ2n) is 17.7. The molecule has 2 saturated heterocycles. The molecule has 2 heterocycles. The van der Waals surface area contributed by atoms with Gasteiger partial charge in [0, 0.05) is 109 Å². The number of amides is 9. The number of rotatable bonds is 14. The summed E-state index contributed by atoms with van der Waals surface area (Å²) in [4.78, 5) is 71.2. The van der Waals surface area contributed by atoms with Crippen LogP contribution < -0.4 is 30.7 Å². The van der Waals surface area contributed by atoms with Gasteiger partial charge in [0.1, 0.15) is 23.1 Å². The normalized spacial score (nSPS) is 20.4. The maximum Gasteiger partial charge on any atom is 0.573 e. The molecule has 396 valence electrons. The Hall–Kier alpha value is -6.06. The van der Waals surface area contributed by atoms with Crippen molar-refractivity contribution in [3.63, 3.8) is 0 Å². The lowest BCUT2D eigenvalue weighted by molar-refractivity contribution is -0.275. The Kier molecular flexibility index (Phi) is 18.4. The third kappa shape index (κ3) is 17.1. The van der Waals surface area contributed by atoms with Crippen molar-refractivity contribution in [2.24, 2.45) is 11.8 Å². The molecule has 28 heteroatoms. The number of hydrogen-bond acceptors (Lipinski definition) is 10. The van der Waals surface area contributed by atoms with Crippen LogP contribution in [-0.4, -0.2) is 167 Å². The first-order chi connectivity index (χ1) is 33.1. The Bertz CT molecular complexity index is 2340. The highest BCUT2D eigenvalue weighted by Gasteiger charge is 2.45. The van der Waals surface area contributed by atoms with Crippen molar-refractivity contribution in [2.75, 3.05) is 67.2 Å². The van der Waals surface area contributed by atoms with Crippen molar-refractivity contribution >= 4 is 40.1 Å². The van der Waals surface area contributed by atoms with Gasteiger partial charge >= 0.3 is 36.8 Å². The molecule has 4 N–H and O–H groups in total. The number of nitrogens with zero attached hydrogens (tertiary/aromatic N) is 5. The number of halogens is 8. The van der Waals surface area contributed by atoms with Gasteiger partial charge in [-0.25, -0.2) is 28.0 Å². The van der Waals surface area contributed by atoms with Crippen LogP contribution in [0.1, 0.15) is 49.7 Å². The molecule has 0 aromatic heterocycles. The average molecular weight is 1040 g/mol. The number of piperidine rings is 2. The quantitative estimate of drug-likeness (QED) is 0.148. The first kappa shape index (κ1) is 55.9. The molecule has 2 saturated carbocycles. The van der Waals surface area contributed by atoms with Gasteiger partial charge in [-0.1, -0.05) is 12.1 Å². The van der Waals surface area contributed by atoms with Crippen molar-refractivity contribution in [2.45, 2.75) is 88.5 Å². The Balaban J connectivity index is 0.000000264. The predicted molar refractivity (Wildman–Crippen MR) is 236 cm³/mol. The van der Waals surface area contributed by atoms with Crippen LogP contribution in [0.4, 0.5) is 54.3 Å². The van der Waals surface area contributed by atoms with E-state index in [9.17, 15) is 67.5 Å². The van der Waals surface area contributed by atoms with E-state index in [4.69, 9.17) is 4.18 Å². The molecule has 2 aromatic rings. The highest BCUT2D eigenvalue weighted by molar-refractivity contribution is 7.85. The largest absolute Gasteiger partial charge is 0.573 e. The number of alkyl halides is 6. The van der Waals surface area contributed by atoms with E-state index in [2.05, 4.69) is 30.7 Å². The van der Waals surface area contributed by atoms with Crippen LogP contribution in [0.25, 0.3) is 0 Å². The van der Waals surface area contributed by atoms with Gasteiger partial charge in [-0.15, -0.1) is 26.3 Å².